The number of nitrogens with one attached hydrogen (secondary N) is 1. The van der Waals surface area contributed by atoms with Crippen molar-refractivity contribution in [3.8, 4) is 0 Å². The van der Waals surface area contributed by atoms with Crippen molar-refractivity contribution in [1.82, 2.24) is 14.1 Å². The molecular weight excluding hydrogens is 412 g/mol. The molecule has 1 fully saturated rings. The number of aromatic nitrogens is 3. The fraction of sp³-hybridized carbons (Fsp3) is 0.348. The molecular formula is C23H24N4O5. The Morgan fingerprint density at radius 1 is 1.16 bits per heavy atom. The first-order chi connectivity index (χ1) is 15.2. The molecule has 0 atom stereocenters. The van der Waals surface area contributed by atoms with Crippen LogP contribution in [0.15, 0.2) is 33.9 Å². The van der Waals surface area contributed by atoms with E-state index >= 15 is 0 Å². The Bertz CT molecular complexity index is 1380. The molecule has 1 aromatic carbocycles. The Kier molecular flexibility index (Phi) is 5.41. The number of carbonyl (C=O) groups excluding carboxylic acids is 2. The molecule has 0 saturated heterocycles. The number of benzene rings is 1. The lowest BCUT2D eigenvalue weighted by atomic mass is 10.1. The normalized spacial score (nSPS) is 13.2. The molecule has 0 aliphatic heterocycles. The van der Waals surface area contributed by atoms with Gasteiger partial charge in [-0.15, -0.1) is 0 Å². The molecule has 4 rings (SSSR count). The van der Waals surface area contributed by atoms with Crippen LogP contribution in [0.25, 0.3) is 11.0 Å². The highest BCUT2D eigenvalue weighted by Gasteiger charge is 2.29. The summed E-state index contributed by atoms with van der Waals surface area (Å²) in [7, 11) is 2.69. The molecule has 0 bridgehead atoms. The van der Waals surface area contributed by atoms with Gasteiger partial charge in [0.25, 0.3) is 5.56 Å². The van der Waals surface area contributed by atoms with Gasteiger partial charge in [-0.25, -0.2) is 14.6 Å². The first-order valence-corrected chi connectivity index (χ1v) is 10.3. The monoisotopic (exact) mass is 436 g/mol. The number of rotatable bonds is 5. The van der Waals surface area contributed by atoms with E-state index in [2.05, 4.69) is 10.3 Å². The van der Waals surface area contributed by atoms with Crippen LogP contribution in [-0.2, 0) is 23.1 Å². The van der Waals surface area contributed by atoms with Gasteiger partial charge >= 0.3 is 11.7 Å². The van der Waals surface area contributed by atoms with Gasteiger partial charge in [-0.1, -0.05) is 6.07 Å². The molecule has 1 aliphatic carbocycles. The van der Waals surface area contributed by atoms with Crippen LogP contribution in [0.2, 0.25) is 0 Å². The molecule has 32 heavy (non-hydrogen) atoms. The summed E-state index contributed by atoms with van der Waals surface area (Å²) >= 11 is 0. The van der Waals surface area contributed by atoms with Gasteiger partial charge in [-0.2, -0.15) is 0 Å². The molecule has 0 spiro atoms. The van der Waals surface area contributed by atoms with E-state index in [1.165, 1.54) is 18.7 Å². The van der Waals surface area contributed by atoms with Crippen LogP contribution in [0.4, 0.5) is 5.69 Å². The minimum atomic E-state index is -0.756. The summed E-state index contributed by atoms with van der Waals surface area (Å²) < 4.78 is 6.87. The molecule has 2 heterocycles. The first-order valence-electron chi connectivity index (χ1n) is 10.3. The number of pyridine rings is 1. The number of hydrogen-bond acceptors (Lipinski definition) is 6. The third-order valence-corrected chi connectivity index (χ3v) is 5.81. The van der Waals surface area contributed by atoms with Crippen molar-refractivity contribution in [2.75, 3.05) is 12.4 Å². The standard InChI is InChI=1S/C23H24N4O5/c1-12-5-8-15(9-13(12)2)24-18(28)11-27-21(29)19-16(22(30)32-4)10-17(14-6-7-14)25-20(19)26(3)23(27)31/h5,8-10,14H,6-7,11H2,1-4H3,(H,24,28). The molecule has 1 amide bonds. The topological polar surface area (TPSA) is 112 Å². The number of aryl methyl sites for hydroxylation is 3. The number of hydrogen-bond donors (Lipinski definition) is 1. The molecule has 9 heteroatoms. The number of esters is 1. The molecule has 1 saturated carbocycles. The van der Waals surface area contributed by atoms with Crippen LogP contribution < -0.4 is 16.6 Å². The second-order valence-corrected chi connectivity index (χ2v) is 8.14. The minimum absolute atomic E-state index is 0.0395. The van der Waals surface area contributed by atoms with Crippen molar-refractivity contribution in [2.45, 2.75) is 39.2 Å². The third kappa shape index (κ3) is 3.81. The van der Waals surface area contributed by atoms with Crippen LogP contribution >= 0.6 is 0 Å². The highest BCUT2D eigenvalue weighted by Crippen LogP contribution is 2.39. The SMILES string of the molecule is COC(=O)c1cc(C2CC2)nc2c1c(=O)n(CC(=O)Nc1ccc(C)c(C)c1)c(=O)n2C. The minimum Gasteiger partial charge on any atom is -0.465 e. The zero-order chi connectivity index (χ0) is 23.2. The smallest absolute Gasteiger partial charge is 0.338 e. The molecule has 9 nitrogen and oxygen atoms in total. The number of ether oxygens (including phenoxy) is 1. The van der Waals surface area contributed by atoms with E-state index in [0.29, 0.717) is 11.4 Å². The molecule has 166 valence electrons. The maximum atomic E-state index is 13.2. The lowest BCUT2D eigenvalue weighted by Crippen LogP contribution is -2.42. The fourth-order valence-electron chi connectivity index (χ4n) is 3.66. The predicted molar refractivity (Wildman–Crippen MR) is 119 cm³/mol. The van der Waals surface area contributed by atoms with E-state index in [-0.39, 0.29) is 22.5 Å². The van der Waals surface area contributed by atoms with Crippen molar-refractivity contribution < 1.29 is 14.3 Å². The quantitative estimate of drug-likeness (QED) is 0.613. The fourth-order valence-corrected chi connectivity index (χ4v) is 3.66. The molecule has 2 aromatic heterocycles. The summed E-state index contributed by atoms with van der Waals surface area (Å²) in [6.45, 7) is 3.38. The zero-order valence-corrected chi connectivity index (χ0v) is 18.4. The lowest BCUT2D eigenvalue weighted by Gasteiger charge is -2.14. The number of fused-ring (bicyclic) bond motifs is 1. The highest BCUT2D eigenvalue weighted by molar-refractivity contribution is 6.02. The first kappa shape index (κ1) is 21.5. The van der Waals surface area contributed by atoms with Crippen molar-refractivity contribution in [2.24, 2.45) is 7.05 Å². The highest BCUT2D eigenvalue weighted by atomic mass is 16.5. The second kappa shape index (κ2) is 8.07. The van der Waals surface area contributed by atoms with Gasteiger partial charge in [0.1, 0.15) is 12.2 Å². The maximum Gasteiger partial charge on any atom is 0.338 e. The number of nitrogens with zero attached hydrogens (tertiary/aromatic N) is 3. The van der Waals surface area contributed by atoms with Gasteiger partial charge in [-0.3, -0.25) is 18.7 Å². The van der Waals surface area contributed by atoms with Gasteiger partial charge in [0.15, 0.2) is 0 Å². The van der Waals surface area contributed by atoms with Crippen molar-refractivity contribution in [1.29, 1.82) is 0 Å². The van der Waals surface area contributed by atoms with Crippen molar-refractivity contribution in [3.05, 3.63) is 67.5 Å². The van der Waals surface area contributed by atoms with E-state index in [9.17, 15) is 19.2 Å². The van der Waals surface area contributed by atoms with Gasteiger partial charge in [-0.05, 0) is 56.0 Å². The molecule has 0 unspecified atom stereocenters. The van der Waals surface area contributed by atoms with Crippen LogP contribution in [-0.4, -0.2) is 33.1 Å². The molecule has 1 aliphatic rings. The van der Waals surface area contributed by atoms with Crippen molar-refractivity contribution in [3.63, 3.8) is 0 Å². The second-order valence-electron chi connectivity index (χ2n) is 8.14. The zero-order valence-electron chi connectivity index (χ0n) is 18.4. The summed E-state index contributed by atoms with van der Waals surface area (Å²) in [5.41, 5.74) is 2.01. The largest absolute Gasteiger partial charge is 0.465 e. The Morgan fingerprint density at radius 3 is 2.50 bits per heavy atom. The average molecular weight is 436 g/mol. The Hall–Kier alpha value is -3.75. The number of carbonyl (C=O) groups is 2. The van der Waals surface area contributed by atoms with Gasteiger partial charge in [0.2, 0.25) is 5.91 Å². The summed E-state index contributed by atoms with van der Waals surface area (Å²) in [4.78, 5) is 55.7. The summed E-state index contributed by atoms with van der Waals surface area (Å²) in [5, 5.41) is 2.67. The summed E-state index contributed by atoms with van der Waals surface area (Å²) in [6.07, 6.45) is 1.87. The van der Waals surface area contributed by atoms with Gasteiger partial charge in [0.05, 0.1) is 18.1 Å². The van der Waals surface area contributed by atoms with Crippen LogP contribution in [0.1, 0.15) is 45.9 Å². The average Bonchev–Trinajstić information content (AvgIpc) is 3.61. The number of amides is 1. The van der Waals surface area contributed by atoms with Gasteiger partial charge < -0.3 is 10.1 Å². The Balaban J connectivity index is 1.79. The number of anilines is 1. The maximum absolute atomic E-state index is 13.2. The number of methoxy groups -OCH3 is 1. The van der Waals surface area contributed by atoms with E-state index in [4.69, 9.17) is 4.74 Å². The van der Waals surface area contributed by atoms with E-state index < -0.39 is 29.7 Å². The van der Waals surface area contributed by atoms with E-state index in [1.807, 2.05) is 26.0 Å². The van der Waals surface area contributed by atoms with E-state index in [1.54, 1.807) is 12.1 Å². The molecule has 0 radical (unpaired) electrons. The van der Waals surface area contributed by atoms with Crippen molar-refractivity contribution >= 4 is 28.6 Å². The van der Waals surface area contributed by atoms with Crippen LogP contribution in [0.3, 0.4) is 0 Å². The molecule has 1 N–H and O–H groups in total. The lowest BCUT2D eigenvalue weighted by molar-refractivity contribution is -0.116. The molecule has 3 aromatic rings. The van der Waals surface area contributed by atoms with Crippen LogP contribution in [0.5, 0.6) is 0 Å². The predicted octanol–water partition coefficient (Wildman–Crippen LogP) is 2.01. The Labute approximate surface area is 183 Å². The summed E-state index contributed by atoms with van der Waals surface area (Å²) in [6, 6.07) is 6.99. The summed E-state index contributed by atoms with van der Waals surface area (Å²) in [5.74, 6) is -1.03. The third-order valence-electron chi connectivity index (χ3n) is 5.81. The Morgan fingerprint density at radius 2 is 1.88 bits per heavy atom. The van der Waals surface area contributed by atoms with Gasteiger partial charge in [0, 0.05) is 24.3 Å². The van der Waals surface area contributed by atoms with E-state index in [0.717, 1.165) is 28.5 Å². The van der Waals surface area contributed by atoms with Crippen LogP contribution in [0, 0.1) is 13.8 Å².